The number of allylic oxidation sites excluding steroid dienone is 5. The first-order valence-corrected chi connectivity index (χ1v) is 4.96. The Bertz CT molecular complexity index is 370. The maximum absolute atomic E-state index is 3.82. The molecule has 0 bridgehead atoms. The predicted molar refractivity (Wildman–Crippen MR) is 67.8 cm³/mol. The molecule has 0 atom stereocenters. The second-order valence-corrected chi connectivity index (χ2v) is 3.26. The molecule has 0 nitrogen and oxygen atoms in total. The standard InChI is InChI=1S/C15H16/c1-4-14(5-2)15(6-3)12-13-10-8-7-9-11-13/h4-11H,1-3,12H2. The monoisotopic (exact) mass is 196 g/mol. The summed E-state index contributed by atoms with van der Waals surface area (Å²) in [6.45, 7) is 11.4. The van der Waals surface area contributed by atoms with E-state index in [-0.39, 0.29) is 0 Å². The van der Waals surface area contributed by atoms with Crippen LogP contribution in [0.5, 0.6) is 0 Å². The van der Waals surface area contributed by atoms with E-state index in [1.54, 1.807) is 0 Å². The van der Waals surface area contributed by atoms with Crippen LogP contribution in [0.1, 0.15) is 5.56 Å². The van der Waals surface area contributed by atoms with Crippen molar-refractivity contribution in [2.45, 2.75) is 6.42 Å². The Morgan fingerprint density at radius 1 is 0.933 bits per heavy atom. The Balaban J connectivity index is 2.96. The molecule has 0 N–H and O–H groups in total. The molecule has 76 valence electrons. The van der Waals surface area contributed by atoms with Gasteiger partial charge in [-0.3, -0.25) is 0 Å². The van der Waals surface area contributed by atoms with Crippen LogP contribution in [0.15, 0.2) is 79.4 Å². The predicted octanol–water partition coefficient (Wildman–Crippen LogP) is 4.08. The van der Waals surface area contributed by atoms with E-state index in [0.29, 0.717) is 0 Å². The smallest absolute Gasteiger partial charge is 0.00201 e. The Hall–Kier alpha value is -1.82. The zero-order valence-corrected chi connectivity index (χ0v) is 8.95. The lowest BCUT2D eigenvalue weighted by Crippen LogP contribution is -1.90. The van der Waals surface area contributed by atoms with Crippen LogP contribution >= 0.6 is 0 Å². The van der Waals surface area contributed by atoms with Crippen molar-refractivity contribution >= 4 is 0 Å². The fraction of sp³-hybridized carbons (Fsp3) is 0.0667. The van der Waals surface area contributed by atoms with Crippen LogP contribution < -0.4 is 0 Å². The Labute approximate surface area is 92.0 Å². The lowest BCUT2D eigenvalue weighted by Gasteiger charge is -2.05. The SMILES string of the molecule is C=CC(C=C)=C(C=C)Cc1ccccc1. The molecule has 0 saturated heterocycles. The van der Waals surface area contributed by atoms with Crippen LogP contribution in [0.4, 0.5) is 0 Å². The highest BCUT2D eigenvalue weighted by Gasteiger charge is 1.98. The minimum atomic E-state index is 0.873. The van der Waals surface area contributed by atoms with E-state index >= 15 is 0 Å². The summed E-state index contributed by atoms with van der Waals surface area (Å²) in [5.74, 6) is 0. The number of benzene rings is 1. The lowest BCUT2D eigenvalue weighted by molar-refractivity contribution is 1.18. The molecule has 1 rings (SSSR count). The largest absolute Gasteiger partial charge is 0.0988 e. The van der Waals surface area contributed by atoms with Gasteiger partial charge < -0.3 is 0 Å². The van der Waals surface area contributed by atoms with Gasteiger partial charge in [-0.05, 0) is 23.1 Å². The highest BCUT2D eigenvalue weighted by atomic mass is 14.0. The van der Waals surface area contributed by atoms with Crippen LogP contribution in [0.25, 0.3) is 0 Å². The van der Waals surface area contributed by atoms with Crippen molar-refractivity contribution in [3.63, 3.8) is 0 Å². The van der Waals surface area contributed by atoms with Gasteiger partial charge in [0.2, 0.25) is 0 Å². The van der Waals surface area contributed by atoms with Gasteiger partial charge in [0.1, 0.15) is 0 Å². The summed E-state index contributed by atoms with van der Waals surface area (Å²) in [5, 5.41) is 0. The number of hydrogen-bond donors (Lipinski definition) is 0. The van der Waals surface area contributed by atoms with Gasteiger partial charge in [0.05, 0.1) is 0 Å². The van der Waals surface area contributed by atoms with Crippen molar-refractivity contribution in [3.8, 4) is 0 Å². The van der Waals surface area contributed by atoms with Gasteiger partial charge in [0.15, 0.2) is 0 Å². The lowest BCUT2D eigenvalue weighted by atomic mass is 10.00. The van der Waals surface area contributed by atoms with Crippen molar-refractivity contribution in [1.82, 2.24) is 0 Å². The topological polar surface area (TPSA) is 0 Å². The van der Waals surface area contributed by atoms with Crippen LogP contribution in [0, 0.1) is 0 Å². The molecule has 0 fully saturated rings. The van der Waals surface area contributed by atoms with E-state index in [1.165, 1.54) is 5.56 Å². The molecule has 1 aromatic carbocycles. The van der Waals surface area contributed by atoms with Crippen molar-refractivity contribution in [2.75, 3.05) is 0 Å². The normalized spacial score (nSPS) is 9.07. The van der Waals surface area contributed by atoms with Crippen molar-refractivity contribution in [2.24, 2.45) is 0 Å². The van der Waals surface area contributed by atoms with Crippen molar-refractivity contribution in [3.05, 3.63) is 85.0 Å². The van der Waals surface area contributed by atoms with E-state index in [2.05, 4.69) is 31.9 Å². The van der Waals surface area contributed by atoms with Gasteiger partial charge in [-0.2, -0.15) is 0 Å². The first kappa shape index (κ1) is 11.3. The molecule has 0 aliphatic carbocycles. The van der Waals surface area contributed by atoms with E-state index in [1.807, 2.05) is 36.4 Å². The first-order valence-electron chi connectivity index (χ1n) is 4.96. The minimum Gasteiger partial charge on any atom is -0.0988 e. The third-order valence-corrected chi connectivity index (χ3v) is 2.29. The number of hydrogen-bond acceptors (Lipinski definition) is 0. The Kier molecular flexibility index (Phi) is 4.36. The molecule has 0 aliphatic rings. The van der Waals surface area contributed by atoms with Crippen LogP contribution in [0.2, 0.25) is 0 Å². The Morgan fingerprint density at radius 3 is 2.00 bits per heavy atom. The van der Waals surface area contributed by atoms with Crippen LogP contribution in [0.3, 0.4) is 0 Å². The van der Waals surface area contributed by atoms with E-state index in [9.17, 15) is 0 Å². The molecule has 1 aromatic rings. The Morgan fingerprint density at radius 2 is 1.53 bits per heavy atom. The van der Waals surface area contributed by atoms with Gasteiger partial charge in [-0.15, -0.1) is 0 Å². The highest BCUT2D eigenvalue weighted by molar-refractivity contribution is 5.41. The molecule has 0 aliphatic heterocycles. The highest BCUT2D eigenvalue weighted by Crippen LogP contribution is 2.14. The van der Waals surface area contributed by atoms with Gasteiger partial charge in [-0.25, -0.2) is 0 Å². The quantitative estimate of drug-likeness (QED) is 0.622. The zero-order valence-electron chi connectivity index (χ0n) is 8.95. The van der Waals surface area contributed by atoms with Gasteiger partial charge in [0, 0.05) is 0 Å². The summed E-state index contributed by atoms with van der Waals surface area (Å²) in [6.07, 6.45) is 6.36. The van der Waals surface area contributed by atoms with Gasteiger partial charge in [0.25, 0.3) is 0 Å². The third kappa shape index (κ3) is 3.10. The summed E-state index contributed by atoms with van der Waals surface area (Å²) in [5.41, 5.74) is 3.48. The molecule has 0 heterocycles. The molecule has 0 spiro atoms. The van der Waals surface area contributed by atoms with E-state index in [4.69, 9.17) is 0 Å². The van der Waals surface area contributed by atoms with Crippen LogP contribution in [-0.4, -0.2) is 0 Å². The maximum atomic E-state index is 3.82. The summed E-state index contributed by atoms with van der Waals surface area (Å²) in [4.78, 5) is 0. The molecule has 0 heteroatoms. The van der Waals surface area contributed by atoms with Crippen molar-refractivity contribution in [1.29, 1.82) is 0 Å². The van der Waals surface area contributed by atoms with E-state index in [0.717, 1.165) is 17.6 Å². The summed E-state index contributed by atoms with van der Waals surface area (Å²) in [7, 11) is 0. The van der Waals surface area contributed by atoms with Crippen LogP contribution in [-0.2, 0) is 6.42 Å². The molecule has 0 saturated carbocycles. The molecule has 0 amide bonds. The minimum absolute atomic E-state index is 0.873. The van der Waals surface area contributed by atoms with Crippen molar-refractivity contribution < 1.29 is 0 Å². The maximum Gasteiger partial charge on any atom is -0.00201 e. The first-order chi connectivity index (χ1) is 7.31. The second-order valence-electron chi connectivity index (χ2n) is 3.26. The van der Waals surface area contributed by atoms with E-state index < -0.39 is 0 Å². The van der Waals surface area contributed by atoms with Gasteiger partial charge in [-0.1, -0.05) is 68.3 Å². The molecule has 15 heavy (non-hydrogen) atoms. The third-order valence-electron chi connectivity index (χ3n) is 2.29. The fourth-order valence-electron chi connectivity index (χ4n) is 1.45. The number of rotatable bonds is 5. The zero-order chi connectivity index (χ0) is 11.1. The molecular formula is C15H16. The fourth-order valence-corrected chi connectivity index (χ4v) is 1.45. The average Bonchev–Trinajstić information content (AvgIpc) is 2.30. The molecule has 0 aromatic heterocycles. The summed E-state index contributed by atoms with van der Waals surface area (Å²) >= 11 is 0. The van der Waals surface area contributed by atoms with Gasteiger partial charge >= 0.3 is 0 Å². The molecule has 0 unspecified atom stereocenters. The average molecular weight is 196 g/mol. The summed E-state index contributed by atoms with van der Waals surface area (Å²) < 4.78 is 0. The second kappa shape index (κ2) is 5.82. The molecule has 0 radical (unpaired) electrons. The summed E-state index contributed by atoms with van der Waals surface area (Å²) in [6, 6.07) is 10.3. The molecular weight excluding hydrogens is 180 g/mol.